The van der Waals surface area contributed by atoms with Crippen LogP contribution in [0.3, 0.4) is 0 Å². The maximum absolute atomic E-state index is 12.6. The molecule has 2 aromatic rings. The third-order valence-electron chi connectivity index (χ3n) is 6.78. The van der Waals surface area contributed by atoms with Crippen molar-refractivity contribution in [3.8, 4) is 11.1 Å². The summed E-state index contributed by atoms with van der Waals surface area (Å²) in [7, 11) is 0. The molecule has 186 valence electrons. The average molecular weight is 481 g/mol. The molecule has 2 atom stereocenters. The van der Waals surface area contributed by atoms with Crippen molar-refractivity contribution in [2.45, 2.75) is 50.7 Å². The Morgan fingerprint density at radius 3 is 2.31 bits per heavy atom. The number of hydrogen-bond acceptors (Lipinski definition) is 5. The van der Waals surface area contributed by atoms with E-state index in [1.807, 2.05) is 38.1 Å². The number of carbonyl (C=O) groups excluding carboxylic acids is 2. The monoisotopic (exact) mass is 480 g/mol. The van der Waals surface area contributed by atoms with Crippen molar-refractivity contribution in [1.82, 2.24) is 10.6 Å². The van der Waals surface area contributed by atoms with Crippen LogP contribution >= 0.6 is 0 Å². The Labute approximate surface area is 205 Å². The van der Waals surface area contributed by atoms with Gasteiger partial charge in [-0.2, -0.15) is 0 Å². The average Bonchev–Trinajstić information content (AvgIpc) is 3.43. The van der Waals surface area contributed by atoms with Gasteiger partial charge in [0.2, 0.25) is 5.91 Å². The summed E-state index contributed by atoms with van der Waals surface area (Å²) < 4.78 is 10.8. The standard InChI is InChI=1S/C27H32N2O6/c1-27(2,13-11-23(30)28-15-17-12-14-34-24(17)25(31)32)29-26(33)35-16-22-20-9-5-3-7-18(20)19-8-4-6-10-21(19)22/h3-10,17,22,24H,11-16H2,1-2H3,(H,28,30)(H,29,33)(H,31,32). The van der Waals surface area contributed by atoms with E-state index >= 15 is 0 Å². The lowest BCUT2D eigenvalue weighted by Crippen LogP contribution is -2.45. The van der Waals surface area contributed by atoms with Gasteiger partial charge in [-0.1, -0.05) is 48.5 Å². The van der Waals surface area contributed by atoms with Crippen LogP contribution in [0.2, 0.25) is 0 Å². The van der Waals surface area contributed by atoms with Crippen LogP contribution in [0.15, 0.2) is 48.5 Å². The molecule has 0 bridgehead atoms. The molecule has 2 amide bonds. The highest BCUT2D eigenvalue weighted by Gasteiger charge is 2.34. The van der Waals surface area contributed by atoms with Crippen LogP contribution in [0, 0.1) is 5.92 Å². The number of alkyl carbamates (subject to hydrolysis) is 1. The molecule has 2 aromatic carbocycles. The molecule has 0 radical (unpaired) electrons. The Bertz CT molecular complexity index is 1050. The Morgan fingerprint density at radius 1 is 1.06 bits per heavy atom. The predicted octanol–water partition coefficient (Wildman–Crippen LogP) is 3.69. The number of ether oxygens (including phenoxy) is 2. The summed E-state index contributed by atoms with van der Waals surface area (Å²) in [6.45, 7) is 4.55. The van der Waals surface area contributed by atoms with E-state index in [1.54, 1.807) is 0 Å². The van der Waals surface area contributed by atoms with Gasteiger partial charge in [0, 0.05) is 36.9 Å². The van der Waals surface area contributed by atoms with Crippen molar-refractivity contribution >= 4 is 18.0 Å². The van der Waals surface area contributed by atoms with Gasteiger partial charge >= 0.3 is 12.1 Å². The zero-order valence-electron chi connectivity index (χ0n) is 20.1. The zero-order chi connectivity index (χ0) is 25.0. The van der Waals surface area contributed by atoms with Crippen molar-refractivity contribution in [3.05, 3.63) is 59.7 Å². The fraction of sp³-hybridized carbons (Fsp3) is 0.444. The molecule has 8 heteroatoms. The highest BCUT2D eigenvalue weighted by atomic mass is 16.5. The van der Waals surface area contributed by atoms with E-state index in [0.717, 1.165) is 11.1 Å². The van der Waals surface area contributed by atoms with Crippen molar-refractivity contribution in [2.75, 3.05) is 19.8 Å². The molecule has 1 heterocycles. The first kappa shape index (κ1) is 24.7. The van der Waals surface area contributed by atoms with Gasteiger partial charge in [0.1, 0.15) is 6.61 Å². The normalized spacial score (nSPS) is 19.0. The number of amides is 2. The summed E-state index contributed by atoms with van der Waals surface area (Å²) >= 11 is 0. The molecule has 1 saturated heterocycles. The molecule has 1 fully saturated rings. The molecule has 2 aliphatic rings. The molecule has 8 nitrogen and oxygen atoms in total. The fourth-order valence-electron chi connectivity index (χ4n) is 4.85. The van der Waals surface area contributed by atoms with E-state index in [1.165, 1.54) is 11.1 Å². The SMILES string of the molecule is CC(C)(CCC(=O)NCC1CCOC1C(=O)O)NC(=O)OCC1c2ccccc2-c2ccccc21. The van der Waals surface area contributed by atoms with Crippen molar-refractivity contribution in [3.63, 3.8) is 0 Å². The molecule has 0 spiro atoms. The van der Waals surface area contributed by atoms with E-state index < -0.39 is 23.7 Å². The molecule has 3 N–H and O–H groups in total. The van der Waals surface area contributed by atoms with Gasteiger partial charge in [-0.15, -0.1) is 0 Å². The number of benzene rings is 2. The van der Waals surface area contributed by atoms with Crippen molar-refractivity contribution < 1.29 is 29.0 Å². The van der Waals surface area contributed by atoms with E-state index in [-0.39, 0.29) is 37.3 Å². The van der Waals surface area contributed by atoms with E-state index in [2.05, 4.69) is 34.9 Å². The highest BCUT2D eigenvalue weighted by molar-refractivity contribution is 5.79. The van der Waals surface area contributed by atoms with E-state index in [9.17, 15) is 14.4 Å². The number of carboxylic acids is 1. The Morgan fingerprint density at radius 2 is 1.69 bits per heavy atom. The summed E-state index contributed by atoms with van der Waals surface area (Å²) in [6, 6.07) is 16.3. The van der Waals surface area contributed by atoms with Crippen molar-refractivity contribution in [1.29, 1.82) is 0 Å². The Kier molecular flexibility index (Phi) is 7.40. The molecule has 1 aliphatic carbocycles. The topological polar surface area (TPSA) is 114 Å². The summed E-state index contributed by atoms with van der Waals surface area (Å²) in [5.74, 6) is -1.45. The molecule has 2 unspecified atom stereocenters. The van der Waals surface area contributed by atoms with Gasteiger partial charge in [-0.05, 0) is 48.9 Å². The second-order valence-electron chi connectivity index (χ2n) is 9.82. The number of hydrogen-bond donors (Lipinski definition) is 3. The number of carbonyl (C=O) groups is 3. The molecule has 0 aromatic heterocycles. The van der Waals surface area contributed by atoms with Crippen LogP contribution in [0.5, 0.6) is 0 Å². The highest BCUT2D eigenvalue weighted by Crippen LogP contribution is 2.44. The van der Waals surface area contributed by atoms with Crippen LogP contribution in [-0.4, -0.2) is 54.5 Å². The Hall–Kier alpha value is -3.39. The zero-order valence-corrected chi connectivity index (χ0v) is 20.1. The van der Waals surface area contributed by atoms with Crippen LogP contribution in [0.1, 0.15) is 50.2 Å². The first-order valence-electron chi connectivity index (χ1n) is 12.0. The van der Waals surface area contributed by atoms with Crippen molar-refractivity contribution in [2.24, 2.45) is 5.92 Å². The minimum atomic E-state index is -1.00. The van der Waals surface area contributed by atoms with Gasteiger partial charge in [0.05, 0.1) is 0 Å². The van der Waals surface area contributed by atoms with E-state index in [0.29, 0.717) is 19.4 Å². The number of fused-ring (bicyclic) bond motifs is 3. The maximum Gasteiger partial charge on any atom is 0.407 e. The smallest absolute Gasteiger partial charge is 0.407 e. The first-order valence-corrected chi connectivity index (χ1v) is 12.0. The lowest BCUT2D eigenvalue weighted by molar-refractivity contribution is -0.149. The lowest BCUT2D eigenvalue weighted by Gasteiger charge is -2.26. The van der Waals surface area contributed by atoms with Crippen LogP contribution in [0.25, 0.3) is 11.1 Å². The van der Waals surface area contributed by atoms with Gasteiger partial charge in [0.25, 0.3) is 0 Å². The number of nitrogens with one attached hydrogen (secondary N) is 2. The minimum Gasteiger partial charge on any atom is -0.479 e. The van der Waals surface area contributed by atoms with E-state index in [4.69, 9.17) is 14.6 Å². The molecular weight excluding hydrogens is 448 g/mol. The Balaban J connectivity index is 1.24. The molecule has 1 aliphatic heterocycles. The van der Waals surface area contributed by atoms with Gasteiger partial charge in [-0.3, -0.25) is 4.79 Å². The van der Waals surface area contributed by atoms with Gasteiger partial charge < -0.3 is 25.2 Å². The third-order valence-corrected chi connectivity index (χ3v) is 6.78. The molecule has 35 heavy (non-hydrogen) atoms. The number of rotatable bonds is 9. The molecular formula is C27H32N2O6. The summed E-state index contributed by atoms with van der Waals surface area (Å²) in [5, 5.41) is 14.8. The number of carboxylic acid groups (broad SMARTS) is 1. The van der Waals surface area contributed by atoms with Gasteiger partial charge in [0.15, 0.2) is 6.10 Å². The maximum atomic E-state index is 12.6. The molecule has 0 saturated carbocycles. The molecule has 4 rings (SSSR count). The minimum absolute atomic E-state index is 0.0174. The van der Waals surface area contributed by atoms with Crippen LogP contribution in [-0.2, 0) is 19.1 Å². The summed E-state index contributed by atoms with van der Waals surface area (Å²) in [4.78, 5) is 36.1. The number of aliphatic carboxylic acids is 1. The second-order valence-corrected chi connectivity index (χ2v) is 9.82. The van der Waals surface area contributed by atoms with Gasteiger partial charge in [-0.25, -0.2) is 9.59 Å². The first-order chi connectivity index (χ1) is 16.7. The predicted molar refractivity (Wildman–Crippen MR) is 130 cm³/mol. The fourth-order valence-corrected chi connectivity index (χ4v) is 4.85. The lowest BCUT2D eigenvalue weighted by atomic mass is 9.97. The van der Waals surface area contributed by atoms with Crippen LogP contribution < -0.4 is 10.6 Å². The second kappa shape index (κ2) is 10.5. The third kappa shape index (κ3) is 5.82. The quantitative estimate of drug-likeness (QED) is 0.504. The van der Waals surface area contributed by atoms with Crippen LogP contribution in [0.4, 0.5) is 4.79 Å². The summed E-state index contributed by atoms with van der Waals surface area (Å²) in [5.41, 5.74) is 3.98. The summed E-state index contributed by atoms with van der Waals surface area (Å²) in [6.07, 6.45) is -0.188. The largest absolute Gasteiger partial charge is 0.479 e.